The molecule has 2 aromatic carbocycles. The Balaban J connectivity index is 1.78. The van der Waals surface area contributed by atoms with E-state index in [1.807, 2.05) is 12.1 Å². The van der Waals surface area contributed by atoms with Crippen LogP contribution in [0.5, 0.6) is 11.5 Å². The first-order valence-corrected chi connectivity index (χ1v) is 12.2. The molecule has 0 radical (unpaired) electrons. The highest BCUT2D eigenvalue weighted by Gasteiger charge is 2.31. The number of H-pyrrole nitrogens is 1. The number of rotatable bonds is 8. The predicted molar refractivity (Wildman–Crippen MR) is 124 cm³/mol. The maximum Gasteiger partial charge on any atom is 0.306 e. The molecule has 0 saturated carbocycles. The third-order valence-electron chi connectivity index (χ3n) is 5.50. The van der Waals surface area contributed by atoms with E-state index in [0.29, 0.717) is 16.7 Å². The van der Waals surface area contributed by atoms with E-state index in [0.717, 1.165) is 42.2 Å². The summed E-state index contributed by atoms with van der Waals surface area (Å²) < 4.78 is 34.1. The highest BCUT2D eigenvalue weighted by Crippen LogP contribution is 2.43. The van der Waals surface area contributed by atoms with E-state index in [1.54, 1.807) is 6.07 Å². The van der Waals surface area contributed by atoms with Crippen LogP contribution in [0.1, 0.15) is 27.9 Å². The third-order valence-corrected chi connectivity index (χ3v) is 5.97. The zero-order valence-electron chi connectivity index (χ0n) is 18.6. The van der Waals surface area contributed by atoms with E-state index in [2.05, 4.69) is 41.4 Å². The number of carbonyl (C=O) groups is 1. The van der Waals surface area contributed by atoms with Crippen molar-refractivity contribution in [3.8, 4) is 22.8 Å². The topological polar surface area (TPSA) is 101 Å². The minimum absolute atomic E-state index is 0.0476. The maximum atomic E-state index is 12.6. The molecular weight excluding hydrogens is 430 g/mol. The van der Waals surface area contributed by atoms with Crippen molar-refractivity contribution in [1.29, 1.82) is 0 Å². The Bertz CT molecular complexity index is 1290. The summed E-state index contributed by atoms with van der Waals surface area (Å²) in [5.74, 6) is 0.0223. The van der Waals surface area contributed by atoms with Crippen molar-refractivity contribution in [1.82, 2.24) is 15.2 Å². The van der Waals surface area contributed by atoms with E-state index in [1.165, 1.54) is 12.7 Å². The number of nitrogens with one attached hydrogen (secondary N) is 2. The fourth-order valence-corrected chi connectivity index (χ4v) is 4.55. The molecule has 0 spiro atoms. The second kappa shape index (κ2) is 8.48. The molecule has 0 atom stereocenters. The molecule has 1 amide bonds. The molecule has 0 fully saturated rings. The van der Waals surface area contributed by atoms with Crippen molar-refractivity contribution in [2.45, 2.75) is 19.4 Å². The van der Waals surface area contributed by atoms with Gasteiger partial charge in [0.25, 0.3) is 5.91 Å². The summed E-state index contributed by atoms with van der Waals surface area (Å²) in [7, 11) is 1.78. The van der Waals surface area contributed by atoms with Gasteiger partial charge in [0.2, 0.25) is 0 Å². The Labute approximate surface area is 187 Å². The van der Waals surface area contributed by atoms with Gasteiger partial charge in [0.15, 0.2) is 11.5 Å². The quantitative estimate of drug-likeness (QED) is 0.505. The van der Waals surface area contributed by atoms with Crippen LogP contribution in [-0.2, 0) is 23.1 Å². The Hall–Kier alpha value is -3.04. The number of aryl methyl sites for hydroxylation is 1. The van der Waals surface area contributed by atoms with Crippen molar-refractivity contribution in [3.63, 3.8) is 0 Å². The van der Waals surface area contributed by atoms with Crippen LogP contribution in [-0.4, -0.2) is 58.2 Å². The van der Waals surface area contributed by atoms with Crippen LogP contribution in [0.2, 0.25) is 0 Å². The van der Waals surface area contributed by atoms with Gasteiger partial charge in [-0.25, -0.2) is 0 Å². The number of ether oxygens (including phenoxy) is 1. The number of benzene rings is 2. The second-order valence-corrected chi connectivity index (χ2v) is 9.87. The van der Waals surface area contributed by atoms with Gasteiger partial charge < -0.3 is 24.1 Å². The molecule has 2 heterocycles. The fraction of sp³-hybridized carbons (Fsp3) is 0.348. The third kappa shape index (κ3) is 4.44. The Morgan fingerprint density at radius 1 is 1.16 bits per heavy atom. The Morgan fingerprint density at radius 3 is 2.62 bits per heavy atom. The molecular formula is C23H27N3O5S. The Kier molecular flexibility index (Phi) is 5.87. The van der Waals surface area contributed by atoms with Gasteiger partial charge in [-0.15, -0.1) is 0 Å². The zero-order valence-corrected chi connectivity index (χ0v) is 19.4. The van der Waals surface area contributed by atoms with Crippen molar-refractivity contribution in [2.75, 3.05) is 34.0 Å². The number of aromatic nitrogens is 1. The number of methoxy groups -OCH3 is 1. The van der Waals surface area contributed by atoms with Crippen LogP contribution in [0.15, 0.2) is 30.3 Å². The van der Waals surface area contributed by atoms with Gasteiger partial charge in [-0.05, 0) is 63.3 Å². The van der Waals surface area contributed by atoms with Gasteiger partial charge in [0.05, 0.1) is 18.9 Å². The summed E-state index contributed by atoms with van der Waals surface area (Å²) >= 11 is 0. The molecule has 1 aliphatic rings. The molecule has 4 rings (SSSR count). The van der Waals surface area contributed by atoms with Crippen molar-refractivity contribution < 1.29 is 22.1 Å². The highest BCUT2D eigenvalue weighted by atomic mass is 32.2. The van der Waals surface area contributed by atoms with Gasteiger partial charge in [-0.3, -0.25) is 4.79 Å². The van der Waals surface area contributed by atoms with Crippen LogP contribution in [0.3, 0.4) is 0 Å². The zero-order chi connectivity index (χ0) is 23.0. The Morgan fingerprint density at radius 2 is 1.94 bits per heavy atom. The molecule has 32 heavy (non-hydrogen) atoms. The molecule has 0 aliphatic carbocycles. The van der Waals surface area contributed by atoms with E-state index < -0.39 is 10.1 Å². The molecule has 0 unspecified atom stereocenters. The predicted octanol–water partition coefficient (Wildman–Crippen LogP) is 2.92. The monoisotopic (exact) mass is 457 g/mol. The average molecular weight is 458 g/mol. The van der Waals surface area contributed by atoms with Crippen molar-refractivity contribution in [2.24, 2.45) is 0 Å². The van der Waals surface area contributed by atoms with Crippen LogP contribution in [0.25, 0.3) is 22.2 Å². The van der Waals surface area contributed by atoms with E-state index in [4.69, 9.17) is 8.92 Å². The van der Waals surface area contributed by atoms with Crippen molar-refractivity contribution >= 4 is 26.9 Å². The lowest BCUT2D eigenvalue weighted by molar-refractivity contribution is 0.0966. The molecule has 0 saturated heterocycles. The van der Waals surface area contributed by atoms with Gasteiger partial charge in [-0.2, -0.15) is 8.42 Å². The molecule has 1 aliphatic heterocycles. The summed E-state index contributed by atoms with van der Waals surface area (Å²) in [6.07, 6.45) is 3.02. The lowest BCUT2D eigenvalue weighted by atomic mass is 9.98. The van der Waals surface area contributed by atoms with Crippen LogP contribution in [0.4, 0.5) is 0 Å². The highest BCUT2D eigenvalue weighted by molar-refractivity contribution is 7.86. The molecule has 170 valence electrons. The normalized spacial score (nSPS) is 13.5. The van der Waals surface area contributed by atoms with Crippen molar-refractivity contribution in [3.05, 3.63) is 47.0 Å². The molecule has 1 aromatic heterocycles. The minimum atomic E-state index is -3.79. The van der Waals surface area contributed by atoms with Gasteiger partial charge in [0.1, 0.15) is 0 Å². The SMILES string of the molecule is COc1cc(-c2cc3cc(CCCN(C)C)ccc3[nH]2)c2c(c1OS(C)(=O)=O)CNC2=O. The summed E-state index contributed by atoms with van der Waals surface area (Å²) in [4.78, 5) is 18.2. The van der Waals surface area contributed by atoms with Gasteiger partial charge >= 0.3 is 10.1 Å². The number of fused-ring (bicyclic) bond motifs is 2. The smallest absolute Gasteiger partial charge is 0.306 e. The fourth-order valence-electron chi connectivity index (χ4n) is 4.07. The van der Waals surface area contributed by atoms with Crippen LogP contribution < -0.4 is 14.2 Å². The van der Waals surface area contributed by atoms with Crippen LogP contribution in [0, 0.1) is 0 Å². The van der Waals surface area contributed by atoms with E-state index in [-0.39, 0.29) is 24.0 Å². The molecule has 9 heteroatoms. The number of amides is 1. The first kappa shape index (κ1) is 22.2. The number of carbonyl (C=O) groups excluding carboxylic acids is 1. The summed E-state index contributed by atoms with van der Waals surface area (Å²) in [5.41, 5.74) is 4.46. The maximum absolute atomic E-state index is 12.6. The second-order valence-electron chi connectivity index (χ2n) is 8.29. The first-order chi connectivity index (χ1) is 15.2. The molecule has 0 bridgehead atoms. The van der Waals surface area contributed by atoms with E-state index in [9.17, 15) is 13.2 Å². The number of aromatic amines is 1. The minimum Gasteiger partial charge on any atom is -0.493 e. The lowest BCUT2D eigenvalue weighted by Crippen LogP contribution is -2.13. The van der Waals surface area contributed by atoms with Gasteiger partial charge in [0, 0.05) is 34.3 Å². The number of hydrogen-bond donors (Lipinski definition) is 2. The summed E-state index contributed by atoms with van der Waals surface area (Å²) in [6, 6.07) is 9.96. The summed E-state index contributed by atoms with van der Waals surface area (Å²) in [6.45, 7) is 1.19. The largest absolute Gasteiger partial charge is 0.493 e. The molecule has 8 nitrogen and oxygen atoms in total. The number of nitrogens with zero attached hydrogens (tertiary/aromatic N) is 1. The number of hydrogen-bond acceptors (Lipinski definition) is 6. The average Bonchev–Trinajstić information content (AvgIpc) is 3.30. The van der Waals surface area contributed by atoms with Crippen LogP contribution >= 0.6 is 0 Å². The lowest BCUT2D eigenvalue weighted by Gasteiger charge is -2.15. The molecule has 2 N–H and O–H groups in total. The standard InChI is InChI=1S/C23H27N3O5S/c1-26(2)9-5-6-14-7-8-18-15(10-14)11-19(25-18)16-12-20(30-3)22(31-32(4,28)29)17-13-24-23(27)21(16)17/h7-8,10-12,25H,5-6,9,13H2,1-4H3,(H,24,27). The molecule has 3 aromatic rings. The van der Waals surface area contributed by atoms with E-state index >= 15 is 0 Å². The summed E-state index contributed by atoms with van der Waals surface area (Å²) in [5, 5.41) is 3.81. The first-order valence-electron chi connectivity index (χ1n) is 10.3. The van der Waals surface area contributed by atoms with Gasteiger partial charge in [-0.1, -0.05) is 6.07 Å².